The van der Waals surface area contributed by atoms with Crippen LogP contribution in [0.2, 0.25) is 0 Å². The second-order valence-corrected chi connectivity index (χ2v) is 3.97. The molecule has 1 rings (SSSR count). The number of benzene rings is 1. The van der Waals surface area contributed by atoms with Crippen LogP contribution in [-0.4, -0.2) is 26.5 Å². The van der Waals surface area contributed by atoms with E-state index in [2.05, 4.69) is 11.7 Å². The van der Waals surface area contributed by atoms with Crippen LogP contribution in [0, 0.1) is 0 Å². The van der Waals surface area contributed by atoms with Crippen LogP contribution < -0.4 is 4.74 Å². The Morgan fingerprint density at radius 1 is 1.22 bits per heavy atom. The second kappa shape index (κ2) is 7.71. The minimum absolute atomic E-state index is 0.221. The molecule has 0 saturated carbocycles. The summed E-state index contributed by atoms with van der Waals surface area (Å²) in [6, 6.07) is 7.37. The Labute approximate surface area is 108 Å². The van der Waals surface area contributed by atoms with Gasteiger partial charge in [-0.1, -0.05) is 25.5 Å². The van der Waals surface area contributed by atoms with Gasteiger partial charge in [0.15, 0.2) is 6.29 Å². The van der Waals surface area contributed by atoms with E-state index in [-0.39, 0.29) is 18.7 Å². The lowest BCUT2D eigenvalue weighted by molar-refractivity contribution is -0.139. The summed E-state index contributed by atoms with van der Waals surface area (Å²) in [5, 5.41) is 0. The summed E-state index contributed by atoms with van der Waals surface area (Å²) in [6.45, 7) is 2.08. The summed E-state index contributed by atoms with van der Waals surface area (Å²) in [5.74, 6) is 0.494. The van der Waals surface area contributed by atoms with E-state index in [1.165, 1.54) is 7.11 Å². The maximum atomic E-state index is 11.1. The summed E-state index contributed by atoms with van der Waals surface area (Å²) in [5.41, 5.74) is 0.902. The van der Waals surface area contributed by atoms with Crippen molar-refractivity contribution in [1.29, 1.82) is 0 Å². The van der Waals surface area contributed by atoms with Crippen molar-refractivity contribution in [3.8, 4) is 5.75 Å². The van der Waals surface area contributed by atoms with Gasteiger partial charge in [-0.2, -0.15) is 0 Å². The Kier molecular flexibility index (Phi) is 6.22. The summed E-state index contributed by atoms with van der Waals surface area (Å²) in [4.78, 5) is 11.1. The lowest BCUT2D eigenvalue weighted by Crippen LogP contribution is -2.18. The van der Waals surface area contributed by atoms with Crippen LogP contribution in [0.5, 0.6) is 5.75 Å². The summed E-state index contributed by atoms with van der Waals surface area (Å²) in [6.07, 6.45) is 1.90. The standard InChI is InChI=1S/C14H20O4/c1-4-5-14(17-3)18-12-8-6-11(7-9-12)10-13(15)16-2/h6-9,14H,4-5,10H2,1-3H3. The van der Waals surface area contributed by atoms with Crippen molar-refractivity contribution < 1.29 is 19.0 Å². The van der Waals surface area contributed by atoms with E-state index in [1.807, 2.05) is 24.3 Å². The van der Waals surface area contributed by atoms with Gasteiger partial charge in [-0.05, 0) is 17.7 Å². The molecule has 4 heteroatoms. The zero-order valence-corrected chi connectivity index (χ0v) is 11.1. The lowest BCUT2D eigenvalue weighted by atomic mass is 10.1. The third-order valence-electron chi connectivity index (χ3n) is 2.55. The van der Waals surface area contributed by atoms with Crippen LogP contribution in [0.25, 0.3) is 0 Å². The molecular weight excluding hydrogens is 232 g/mol. The van der Waals surface area contributed by atoms with Gasteiger partial charge in [-0.25, -0.2) is 0 Å². The second-order valence-electron chi connectivity index (χ2n) is 3.97. The molecule has 0 heterocycles. The SMILES string of the molecule is CCCC(OC)Oc1ccc(CC(=O)OC)cc1. The van der Waals surface area contributed by atoms with Crippen LogP contribution in [0.15, 0.2) is 24.3 Å². The van der Waals surface area contributed by atoms with Crippen molar-refractivity contribution in [3.05, 3.63) is 29.8 Å². The van der Waals surface area contributed by atoms with E-state index < -0.39 is 0 Å². The third-order valence-corrected chi connectivity index (χ3v) is 2.55. The average Bonchev–Trinajstić information content (AvgIpc) is 2.40. The van der Waals surface area contributed by atoms with Gasteiger partial charge in [0.2, 0.25) is 0 Å². The highest BCUT2D eigenvalue weighted by Crippen LogP contribution is 2.16. The predicted octanol–water partition coefficient (Wildman–Crippen LogP) is 2.55. The molecule has 0 spiro atoms. The maximum Gasteiger partial charge on any atom is 0.309 e. The van der Waals surface area contributed by atoms with Crippen molar-refractivity contribution in [2.45, 2.75) is 32.5 Å². The molecule has 0 amide bonds. The summed E-state index contributed by atoms with van der Waals surface area (Å²) in [7, 11) is 3.01. The Hall–Kier alpha value is -1.55. The van der Waals surface area contributed by atoms with Gasteiger partial charge in [0, 0.05) is 13.5 Å². The number of rotatable bonds is 7. The molecule has 1 aromatic carbocycles. The fourth-order valence-electron chi connectivity index (χ4n) is 1.54. The molecule has 4 nitrogen and oxygen atoms in total. The molecule has 0 aliphatic carbocycles. The topological polar surface area (TPSA) is 44.8 Å². The van der Waals surface area contributed by atoms with Gasteiger partial charge < -0.3 is 14.2 Å². The minimum Gasteiger partial charge on any atom is -0.469 e. The van der Waals surface area contributed by atoms with Crippen molar-refractivity contribution in [2.24, 2.45) is 0 Å². The fourth-order valence-corrected chi connectivity index (χ4v) is 1.54. The Morgan fingerprint density at radius 2 is 1.89 bits per heavy atom. The first-order valence-electron chi connectivity index (χ1n) is 6.04. The number of esters is 1. The van der Waals surface area contributed by atoms with Gasteiger partial charge in [-0.3, -0.25) is 4.79 Å². The van der Waals surface area contributed by atoms with Gasteiger partial charge >= 0.3 is 5.97 Å². The monoisotopic (exact) mass is 252 g/mol. The average molecular weight is 252 g/mol. The number of ether oxygens (including phenoxy) is 3. The molecule has 100 valence electrons. The first-order valence-corrected chi connectivity index (χ1v) is 6.04. The van der Waals surface area contributed by atoms with E-state index in [0.717, 1.165) is 24.2 Å². The van der Waals surface area contributed by atoms with Crippen LogP contribution >= 0.6 is 0 Å². The largest absolute Gasteiger partial charge is 0.469 e. The molecule has 0 aromatic heterocycles. The lowest BCUT2D eigenvalue weighted by Gasteiger charge is -2.16. The molecular formula is C14H20O4. The van der Waals surface area contributed by atoms with Gasteiger partial charge in [0.05, 0.1) is 13.5 Å². The molecule has 0 aliphatic heterocycles. The van der Waals surface area contributed by atoms with Crippen LogP contribution in [0.4, 0.5) is 0 Å². The van der Waals surface area contributed by atoms with Crippen LogP contribution in [0.1, 0.15) is 25.3 Å². The minimum atomic E-state index is -0.246. The highest BCUT2D eigenvalue weighted by molar-refractivity contribution is 5.72. The molecule has 0 aliphatic rings. The molecule has 0 N–H and O–H groups in total. The molecule has 0 radical (unpaired) electrons. The summed E-state index contributed by atoms with van der Waals surface area (Å²) >= 11 is 0. The van der Waals surface area contributed by atoms with Crippen molar-refractivity contribution >= 4 is 5.97 Å². The Balaban J connectivity index is 2.56. The fraction of sp³-hybridized carbons (Fsp3) is 0.500. The van der Waals surface area contributed by atoms with Crippen molar-refractivity contribution in [3.63, 3.8) is 0 Å². The van der Waals surface area contributed by atoms with Gasteiger partial charge in [0.1, 0.15) is 5.75 Å². The van der Waals surface area contributed by atoms with Crippen LogP contribution in [0.3, 0.4) is 0 Å². The zero-order chi connectivity index (χ0) is 13.4. The highest BCUT2D eigenvalue weighted by Gasteiger charge is 2.08. The maximum absolute atomic E-state index is 11.1. The van der Waals surface area contributed by atoms with Gasteiger partial charge in [0.25, 0.3) is 0 Å². The molecule has 0 bridgehead atoms. The third kappa shape index (κ3) is 4.75. The molecule has 18 heavy (non-hydrogen) atoms. The first-order chi connectivity index (χ1) is 8.69. The molecule has 0 saturated heterocycles. The smallest absolute Gasteiger partial charge is 0.309 e. The van der Waals surface area contributed by atoms with E-state index in [4.69, 9.17) is 9.47 Å². The van der Waals surface area contributed by atoms with E-state index in [0.29, 0.717) is 0 Å². The van der Waals surface area contributed by atoms with E-state index >= 15 is 0 Å². The Morgan fingerprint density at radius 3 is 2.39 bits per heavy atom. The Bertz CT molecular complexity index is 359. The number of carbonyl (C=O) groups excluding carboxylic acids is 1. The number of methoxy groups -OCH3 is 2. The summed E-state index contributed by atoms with van der Waals surface area (Å²) < 4.78 is 15.5. The molecule has 1 aromatic rings. The quantitative estimate of drug-likeness (QED) is 0.552. The predicted molar refractivity (Wildman–Crippen MR) is 68.5 cm³/mol. The van der Waals surface area contributed by atoms with Crippen molar-refractivity contribution in [2.75, 3.05) is 14.2 Å². The van der Waals surface area contributed by atoms with Crippen LogP contribution in [-0.2, 0) is 20.7 Å². The van der Waals surface area contributed by atoms with Gasteiger partial charge in [-0.15, -0.1) is 0 Å². The zero-order valence-electron chi connectivity index (χ0n) is 11.1. The number of hydrogen-bond donors (Lipinski definition) is 0. The van der Waals surface area contributed by atoms with Crippen molar-refractivity contribution in [1.82, 2.24) is 0 Å². The highest BCUT2D eigenvalue weighted by atomic mass is 16.7. The number of hydrogen-bond acceptors (Lipinski definition) is 4. The number of carbonyl (C=O) groups is 1. The molecule has 1 atom stereocenters. The molecule has 1 unspecified atom stereocenters. The van der Waals surface area contributed by atoms with E-state index in [9.17, 15) is 4.79 Å². The van der Waals surface area contributed by atoms with E-state index in [1.54, 1.807) is 7.11 Å². The normalized spacial score (nSPS) is 11.9. The molecule has 0 fully saturated rings. The first kappa shape index (κ1) is 14.5.